The van der Waals surface area contributed by atoms with E-state index in [0.717, 1.165) is 30.0 Å². The average Bonchev–Trinajstić information content (AvgIpc) is 2.67. The Morgan fingerprint density at radius 1 is 1.04 bits per heavy atom. The fourth-order valence-electron chi connectivity index (χ4n) is 3.74. The van der Waals surface area contributed by atoms with Gasteiger partial charge in [-0.1, -0.05) is 43.5 Å². The molecule has 0 unspecified atom stereocenters. The maximum Gasteiger partial charge on any atom is 0.237 e. The summed E-state index contributed by atoms with van der Waals surface area (Å²) in [7, 11) is 0. The van der Waals surface area contributed by atoms with Crippen molar-refractivity contribution in [2.24, 2.45) is 11.5 Å². The summed E-state index contributed by atoms with van der Waals surface area (Å²) in [5, 5.41) is 12.3. The predicted octanol–water partition coefficient (Wildman–Crippen LogP) is 2.47. The third kappa shape index (κ3) is 3.85. The number of Topliss-reactive ketones (excluding diaryl/α,β-unsaturated/α-hetero) is 1. The highest BCUT2D eigenvalue weighted by molar-refractivity contribution is 6.08. The molecule has 6 N–H and O–H groups in total. The lowest BCUT2D eigenvalue weighted by Gasteiger charge is -2.37. The molecule has 2 aromatic carbocycles. The molecule has 1 saturated carbocycles. The van der Waals surface area contributed by atoms with Crippen LogP contribution in [0.2, 0.25) is 0 Å². The normalized spacial score (nSPS) is 17.3. The van der Waals surface area contributed by atoms with Gasteiger partial charge >= 0.3 is 0 Å². The van der Waals surface area contributed by atoms with E-state index in [1.165, 1.54) is 0 Å². The molecule has 0 aliphatic heterocycles. The number of carbonyl (C=O) groups excluding carboxylic acids is 2. The predicted molar refractivity (Wildman–Crippen MR) is 107 cm³/mol. The van der Waals surface area contributed by atoms with Crippen LogP contribution in [0.4, 0.5) is 0 Å². The van der Waals surface area contributed by atoms with E-state index in [-0.39, 0.29) is 17.5 Å². The fourth-order valence-corrected chi connectivity index (χ4v) is 3.74. The van der Waals surface area contributed by atoms with Crippen LogP contribution in [0.1, 0.15) is 54.9 Å². The van der Waals surface area contributed by atoms with Crippen LogP contribution in [0.25, 0.3) is 10.8 Å². The smallest absolute Gasteiger partial charge is 0.237 e. The highest BCUT2D eigenvalue weighted by atomic mass is 16.2. The fraction of sp³-hybridized carbons (Fsp3) is 0.381. The lowest BCUT2D eigenvalue weighted by Crippen LogP contribution is -2.58. The van der Waals surface area contributed by atoms with Gasteiger partial charge in [-0.2, -0.15) is 0 Å². The molecule has 2 aromatic rings. The van der Waals surface area contributed by atoms with Gasteiger partial charge in [0.15, 0.2) is 5.78 Å². The third-order valence-corrected chi connectivity index (χ3v) is 5.33. The number of nitrogen functional groups attached to an aromatic ring is 1. The van der Waals surface area contributed by atoms with Crippen molar-refractivity contribution in [1.29, 1.82) is 5.41 Å². The van der Waals surface area contributed by atoms with Crippen molar-refractivity contribution in [3.63, 3.8) is 0 Å². The monoisotopic (exact) mass is 366 g/mol. The lowest BCUT2D eigenvalue weighted by atomic mass is 9.76. The highest BCUT2D eigenvalue weighted by Gasteiger charge is 2.41. The van der Waals surface area contributed by atoms with E-state index in [0.29, 0.717) is 24.0 Å². The van der Waals surface area contributed by atoms with E-state index in [1.807, 2.05) is 24.3 Å². The van der Waals surface area contributed by atoms with E-state index < -0.39 is 11.6 Å². The Balaban J connectivity index is 1.96. The van der Waals surface area contributed by atoms with Crippen LogP contribution < -0.4 is 16.8 Å². The number of hydrogen-bond donors (Lipinski definition) is 4. The standard InChI is InChI=1S/C21H26N4O2/c1-13(22)20(27)25-21(9-3-2-4-10-21)18(26)16-7-5-15-12-17(19(23)24)8-6-14(15)11-16/h5-8,11-13H,2-4,9-10,22H2,1H3,(H3,23,24)(H,25,27)/t13-/m0/s1. The van der Waals surface area contributed by atoms with Crippen LogP contribution in [0.5, 0.6) is 0 Å². The molecular formula is C21H26N4O2. The van der Waals surface area contributed by atoms with Crippen molar-refractivity contribution >= 4 is 28.3 Å². The molecule has 0 radical (unpaired) electrons. The van der Waals surface area contributed by atoms with Gasteiger partial charge < -0.3 is 16.8 Å². The molecule has 142 valence electrons. The lowest BCUT2D eigenvalue weighted by molar-refractivity contribution is -0.123. The molecule has 0 bridgehead atoms. The van der Waals surface area contributed by atoms with Crippen LogP contribution in [0.3, 0.4) is 0 Å². The van der Waals surface area contributed by atoms with Gasteiger partial charge in [-0.25, -0.2) is 0 Å². The largest absolute Gasteiger partial charge is 0.384 e. The van der Waals surface area contributed by atoms with Crippen molar-refractivity contribution in [3.05, 3.63) is 47.5 Å². The number of nitrogens with two attached hydrogens (primary N) is 2. The number of nitrogens with one attached hydrogen (secondary N) is 2. The number of ketones is 1. The Morgan fingerprint density at radius 3 is 2.15 bits per heavy atom. The van der Waals surface area contributed by atoms with Crippen molar-refractivity contribution < 1.29 is 9.59 Å². The molecule has 6 nitrogen and oxygen atoms in total. The molecule has 1 fully saturated rings. The first-order chi connectivity index (χ1) is 12.8. The zero-order valence-corrected chi connectivity index (χ0v) is 15.5. The van der Waals surface area contributed by atoms with Gasteiger partial charge in [0.05, 0.1) is 6.04 Å². The van der Waals surface area contributed by atoms with Gasteiger partial charge in [0.2, 0.25) is 5.91 Å². The summed E-state index contributed by atoms with van der Waals surface area (Å²) in [5.74, 6) is -0.345. The molecule has 0 aromatic heterocycles. The molecule has 0 heterocycles. The SMILES string of the molecule is C[C@H](N)C(=O)NC1(C(=O)c2ccc3cc(C(=N)N)ccc3c2)CCCCC1. The Labute approximate surface area is 158 Å². The summed E-state index contributed by atoms with van der Waals surface area (Å²) in [5.41, 5.74) is 11.6. The van der Waals surface area contributed by atoms with Crippen LogP contribution in [-0.2, 0) is 4.79 Å². The number of benzene rings is 2. The van der Waals surface area contributed by atoms with E-state index in [9.17, 15) is 9.59 Å². The summed E-state index contributed by atoms with van der Waals surface area (Å²) >= 11 is 0. The number of fused-ring (bicyclic) bond motifs is 1. The van der Waals surface area contributed by atoms with E-state index in [1.54, 1.807) is 19.1 Å². The molecule has 6 heteroatoms. The molecular weight excluding hydrogens is 340 g/mol. The Bertz CT molecular complexity index is 898. The second-order valence-corrected chi connectivity index (χ2v) is 7.44. The zero-order valence-electron chi connectivity index (χ0n) is 15.5. The first kappa shape index (κ1) is 19.0. The molecule has 1 aliphatic rings. The van der Waals surface area contributed by atoms with E-state index >= 15 is 0 Å². The summed E-state index contributed by atoms with van der Waals surface area (Å²) in [6.45, 7) is 1.62. The third-order valence-electron chi connectivity index (χ3n) is 5.33. The summed E-state index contributed by atoms with van der Waals surface area (Å²) in [4.78, 5) is 25.6. The van der Waals surface area contributed by atoms with Gasteiger partial charge in [-0.3, -0.25) is 15.0 Å². The van der Waals surface area contributed by atoms with Crippen LogP contribution >= 0.6 is 0 Å². The van der Waals surface area contributed by atoms with Crippen LogP contribution in [0, 0.1) is 5.41 Å². The van der Waals surface area contributed by atoms with Crippen LogP contribution in [-0.4, -0.2) is 29.1 Å². The van der Waals surface area contributed by atoms with Crippen LogP contribution in [0.15, 0.2) is 36.4 Å². The Kier molecular flexibility index (Phi) is 5.28. The first-order valence-corrected chi connectivity index (χ1v) is 9.33. The maximum atomic E-state index is 13.4. The molecule has 0 saturated heterocycles. The maximum absolute atomic E-state index is 13.4. The van der Waals surface area contributed by atoms with Crippen molar-refractivity contribution in [3.8, 4) is 0 Å². The number of amidine groups is 1. The zero-order chi connectivity index (χ0) is 19.6. The molecule has 1 aliphatic carbocycles. The molecule has 0 spiro atoms. The Morgan fingerprint density at radius 2 is 1.59 bits per heavy atom. The molecule has 3 rings (SSSR count). The Hall–Kier alpha value is -2.73. The molecule has 1 atom stereocenters. The summed E-state index contributed by atoms with van der Waals surface area (Å²) < 4.78 is 0. The topological polar surface area (TPSA) is 122 Å². The summed E-state index contributed by atoms with van der Waals surface area (Å²) in [6, 6.07) is 10.3. The van der Waals surface area contributed by atoms with Gasteiger partial charge in [-0.15, -0.1) is 0 Å². The minimum Gasteiger partial charge on any atom is -0.384 e. The van der Waals surface area contributed by atoms with E-state index in [2.05, 4.69) is 5.32 Å². The second-order valence-electron chi connectivity index (χ2n) is 7.44. The minimum atomic E-state index is -0.879. The molecule has 27 heavy (non-hydrogen) atoms. The van der Waals surface area contributed by atoms with Gasteiger partial charge in [0.1, 0.15) is 11.4 Å². The van der Waals surface area contributed by atoms with E-state index in [4.69, 9.17) is 16.9 Å². The van der Waals surface area contributed by atoms with Crippen molar-refractivity contribution in [1.82, 2.24) is 5.32 Å². The number of hydrogen-bond acceptors (Lipinski definition) is 4. The second kappa shape index (κ2) is 7.48. The van der Waals surface area contributed by atoms with Gasteiger partial charge in [0.25, 0.3) is 0 Å². The number of amides is 1. The first-order valence-electron chi connectivity index (χ1n) is 9.33. The van der Waals surface area contributed by atoms with Crippen molar-refractivity contribution in [2.45, 2.75) is 50.6 Å². The minimum absolute atomic E-state index is 0.0110. The summed E-state index contributed by atoms with van der Waals surface area (Å²) in [6.07, 6.45) is 4.13. The van der Waals surface area contributed by atoms with Gasteiger partial charge in [0, 0.05) is 11.1 Å². The number of rotatable bonds is 5. The van der Waals surface area contributed by atoms with Crippen molar-refractivity contribution in [2.75, 3.05) is 0 Å². The highest BCUT2D eigenvalue weighted by Crippen LogP contribution is 2.32. The average molecular weight is 366 g/mol. The quantitative estimate of drug-likeness (QED) is 0.369. The molecule has 1 amide bonds. The van der Waals surface area contributed by atoms with Gasteiger partial charge in [-0.05, 0) is 42.7 Å². The number of carbonyl (C=O) groups is 2.